The number of carbonyl (C=O) groups excluding carboxylic acids is 1. The Hall–Kier alpha value is -2.03. The fourth-order valence-corrected chi connectivity index (χ4v) is 0.770. The van der Waals surface area contributed by atoms with Crippen molar-refractivity contribution in [3.8, 4) is 0 Å². The van der Waals surface area contributed by atoms with Crippen molar-refractivity contribution in [1.29, 1.82) is 0 Å². The maximum atomic E-state index is 9.75. The van der Waals surface area contributed by atoms with Crippen LogP contribution in [0.3, 0.4) is 0 Å². The molecule has 1 aromatic rings. The highest BCUT2D eigenvalue weighted by molar-refractivity contribution is 5.66. The van der Waals surface area contributed by atoms with Crippen LogP contribution >= 0.6 is 0 Å². The molecule has 1 rings (SSSR count). The maximum Gasteiger partial charge on any atom is 0.307 e. The third kappa shape index (κ3) is 8.30. The van der Waals surface area contributed by atoms with E-state index in [-0.39, 0.29) is 5.97 Å². The van der Waals surface area contributed by atoms with Gasteiger partial charge in [-0.05, 0) is 18.3 Å². The highest BCUT2D eigenvalue weighted by Crippen LogP contribution is 2.03. The van der Waals surface area contributed by atoms with Crippen molar-refractivity contribution in [2.75, 3.05) is 5.32 Å². The van der Waals surface area contributed by atoms with Crippen molar-refractivity contribution < 1.29 is 9.53 Å². The first-order valence-electron chi connectivity index (χ1n) is 4.41. The van der Waals surface area contributed by atoms with E-state index in [0.717, 1.165) is 11.9 Å². The summed E-state index contributed by atoms with van der Waals surface area (Å²) in [5, 5.41) is 2.97. The number of anilines is 1. The molecular formula is C12H15NO2. The lowest BCUT2D eigenvalue weighted by Gasteiger charge is -1.95. The molecule has 3 heteroatoms. The summed E-state index contributed by atoms with van der Waals surface area (Å²) >= 11 is 0. The van der Waals surface area contributed by atoms with E-state index < -0.39 is 0 Å². The number of rotatable bonds is 3. The normalized spacial score (nSPS) is 7.80. The van der Waals surface area contributed by atoms with Gasteiger partial charge < -0.3 is 10.1 Å². The SMILES string of the molecule is C=CNc1ccccc1.C=COC(C)=O. The number of ether oxygens (including phenoxy) is 1. The quantitative estimate of drug-likeness (QED) is 0.609. The summed E-state index contributed by atoms with van der Waals surface area (Å²) in [6.07, 6.45) is 2.76. The Morgan fingerprint density at radius 2 is 1.93 bits per heavy atom. The number of para-hydroxylation sites is 1. The molecule has 80 valence electrons. The third-order valence-corrected chi connectivity index (χ3v) is 1.29. The second-order valence-corrected chi connectivity index (χ2v) is 2.49. The molecule has 0 heterocycles. The topological polar surface area (TPSA) is 38.3 Å². The lowest BCUT2D eigenvalue weighted by molar-refractivity contribution is -0.135. The Morgan fingerprint density at radius 1 is 1.33 bits per heavy atom. The van der Waals surface area contributed by atoms with E-state index in [0.29, 0.717) is 0 Å². The second-order valence-electron chi connectivity index (χ2n) is 2.49. The van der Waals surface area contributed by atoms with Crippen LogP contribution in [0, 0.1) is 0 Å². The first-order chi connectivity index (χ1) is 7.20. The zero-order chi connectivity index (χ0) is 11.5. The van der Waals surface area contributed by atoms with Crippen LogP contribution in [0.25, 0.3) is 0 Å². The van der Waals surface area contributed by atoms with Gasteiger partial charge in [0.25, 0.3) is 0 Å². The van der Waals surface area contributed by atoms with E-state index in [1.165, 1.54) is 6.92 Å². The van der Waals surface area contributed by atoms with Crippen LogP contribution in [0.15, 0.2) is 56.0 Å². The fourth-order valence-electron chi connectivity index (χ4n) is 0.770. The fraction of sp³-hybridized carbons (Fsp3) is 0.0833. The predicted molar refractivity (Wildman–Crippen MR) is 62.2 cm³/mol. The van der Waals surface area contributed by atoms with Gasteiger partial charge in [0.15, 0.2) is 0 Å². The molecular weight excluding hydrogens is 190 g/mol. The molecule has 0 saturated heterocycles. The van der Waals surface area contributed by atoms with Crippen molar-refractivity contribution in [2.24, 2.45) is 0 Å². The third-order valence-electron chi connectivity index (χ3n) is 1.29. The Morgan fingerprint density at radius 3 is 2.27 bits per heavy atom. The van der Waals surface area contributed by atoms with Gasteiger partial charge in [-0.1, -0.05) is 31.4 Å². The molecule has 0 amide bonds. The summed E-state index contributed by atoms with van der Waals surface area (Å²) in [7, 11) is 0. The number of hydrogen-bond donors (Lipinski definition) is 1. The summed E-state index contributed by atoms with van der Waals surface area (Å²) in [6.45, 7) is 8.02. The van der Waals surface area contributed by atoms with E-state index in [2.05, 4.69) is 23.2 Å². The molecule has 0 aromatic heterocycles. The summed E-state index contributed by atoms with van der Waals surface area (Å²) in [5.74, 6) is -0.329. The van der Waals surface area contributed by atoms with Crippen molar-refractivity contribution in [2.45, 2.75) is 6.92 Å². The Labute approximate surface area is 90.1 Å². The molecule has 3 nitrogen and oxygen atoms in total. The number of esters is 1. The zero-order valence-electron chi connectivity index (χ0n) is 8.77. The lowest BCUT2D eigenvalue weighted by atomic mass is 10.3. The average molecular weight is 205 g/mol. The smallest absolute Gasteiger partial charge is 0.307 e. The first kappa shape index (κ1) is 13.0. The van der Waals surface area contributed by atoms with Gasteiger partial charge in [-0.15, -0.1) is 0 Å². The molecule has 0 bridgehead atoms. The monoisotopic (exact) mass is 205 g/mol. The molecule has 0 saturated carbocycles. The summed E-state index contributed by atoms with van der Waals surface area (Å²) in [5.41, 5.74) is 1.08. The van der Waals surface area contributed by atoms with Crippen LogP contribution < -0.4 is 5.32 Å². The Balaban J connectivity index is 0.000000288. The first-order valence-corrected chi connectivity index (χ1v) is 4.41. The number of hydrogen-bond acceptors (Lipinski definition) is 3. The van der Waals surface area contributed by atoms with Gasteiger partial charge in [0, 0.05) is 12.6 Å². The molecule has 0 unspecified atom stereocenters. The summed E-state index contributed by atoms with van der Waals surface area (Å²) < 4.78 is 4.17. The maximum absolute atomic E-state index is 9.75. The van der Waals surface area contributed by atoms with E-state index in [1.54, 1.807) is 6.20 Å². The molecule has 15 heavy (non-hydrogen) atoms. The zero-order valence-corrected chi connectivity index (χ0v) is 8.77. The van der Waals surface area contributed by atoms with Crippen molar-refractivity contribution in [1.82, 2.24) is 0 Å². The largest absolute Gasteiger partial charge is 0.435 e. The van der Waals surface area contributed by atoms with Gasteiger partial charge in [-0.25, -0.2) is 0 Å². The van der Waals surface area contributed by atoms with E-state index in [9.17, 15) is 4.79 Å². The average Bonchev–Trinajstić information content (AvgIpc) is 2.20. The van der Waals surface area contributed by atoms with Crippen molar-refractivity contribution in [3.63, 3.8) is 0 Å². The van der Waals surface area contributed by atoms with E-state index in [4.69, 9.17) is 0 Å². The van der Waals surface area contributed by atoms with E-state index in [1.807, 2.05) is 30.3 Å². The van der Waals surface area contributed by atoms with Gasteiger partial charge in [-0.2, -0.15) is 0 Å². The Bertz CT molecular complexity index is 307. The van der Waals surface area contributed by atoms with Crippen molar-refractivity contribution >= 4 is 11.7 Å². The highest BCUT2D eigenvalue weighted by Gasteiger charge is 1.80. The number of nitrogens with one attached hydrogen (secondary N) is 1. The molecule has 0 fully saturated rings. The molecule has 0 atom stereocenters. The molecule has 0 spiro atoms. The molecule has 1 aromatic carbocycles. The minimum atomic E-state index is -0.329. The standard InChI is InChI=1S/C8H9N.C4H6O2/c1-2-9-8-6-4-3-5-7-8;1-3-6-4(2)5/h2-7,9H,1H2;3H,1H2,2H3. The van der Waals surface area contributed by atoms with Gasteiger partial charge in [0.1, 0.15) is 0 Å². The second kappa shape index (κ2) is 8.56. The minimum absolute atomic E-state index is 0.329. The van der Waals surface area contributed by atoms with Crippen LogP contribution in [0.1, 0.15) is 6.92 Å². The van der Waals surface area contributed by atoms with Crippen LogP contribution in [0.2, 0.25) is 0 Å². The highest BCUT2D eigenvalue weighted by atomic mass is 16.5. The predicted octanol–water partition coefficient (Wildman–Crippen LogP) is 2.94. The molecule has 0 aliphatic carbocycles. The van der Waals surface area contributed by atoms with Crippen LogP contribution in [0.4, 0.5) is 5.69 Å². The van der Waals surface area contributed by atoms with Crippen LogP contribution in [-0.2, 0) is 9.53 Å². The minimum Gasteiger partial charge on any atom is -0.435 e. The van der Waals surface area contributed by atoms with Gasteiger partial charge in [0.2, 0.25) is 0 Å². The molecule has 1 N–H and O–H groups in total. The van der Waals surface area contributed by atoms with Gasteiger partial charge >= 0.3 is 5.97 Å². The number of carbonyl (C=O) groups is 1. The van der Waals surface area contributed by atoms with Crippen LogP contribution in [0.5, 0.6) is 0 Å². The summed E-state index contributed by atoms with van der Waals surface area (Å²) in [4.78, 5) is 9.75. The lowest BCUT2D eigenvalue weighted by Crippen LogP contribution is -1.87. The van der Waals surface area contributed by atoms with Crippen LogP contribution in [-0.4, -0.2) is 5.97 Å². The van der Waals surface area contributed by atoms with E-state index >= 15 is 0 Å². The Kier molecular flexibility index (Phi) is 7.40. The van der Waals surface area contributed by atoms with Crippen molar-refractivity contribution in [3.05, 3.63) is 56.0 Å². The van der Waals surface area contributed by atoms with Gasteiger partial charge in [0.05, 0.1) is 6.26 Å². The molecule has 0 aliphatic rings. The molecule has 0 aliphatic heterocycles. The molecule has 0 radical (unpaired) electrons. The summed E-state index contributed by atoms with van der Waals surface area (Å²) in [6, 6.07) is 9.91. The van der Waals surface area contributed by atoms with Gasteiger partial charge in [-0.3, -0.25) is 4.79 Å². The number of benzene rings is 1.